The third-order valence-electron chi connectivity index (χ3n) is 3.33. The smallest absolute Gasteiger partial charge is 0.339 e. The van der Waals surface area contributed by atoms with Gasteiger partial charge >= 0.3 is 5.97 Å². The third-order valence-corrected chi connectivity index (χ3v) is 3.52. The lowest BCUT2D eigenvalue weighted by Crippen LogP contribution is -2.19. The molecule has 3 aromatic rings. The number of hydrogen-bond donors (Lipinski definition) is 2. The second-order valence-electron chi connectivity index (χ2n) is 4.94. The quantitative estimate of drug-likeness (QED) is 0.754. The number of nitrogens with zero attached hydrogens (tertiary/aromatic N) is 4. The first-order valence-corrected chi connectivity index (χ1v) is 7.21. The molecule has 3 rings (SSSR count). The summed E-state index contributed by atoms with van der Waals surface area (Å²) in [6, 6.07) is 6.86. The van der Waals surface area contributed by atoms with Gasteiger partial charge in [-0.1, -0.05) is 11.6 Å². The van der Waals surface area contributed by atoms with Crippen molar-refractivity contribution < 1.29 is 14.7 Å². The zero-order valence-corrected chi connectivity index (χ0v) is 13.2. The number of anilines is 1. The lowest BCUT2D eigenvalue weighted by atomic mass is 10.2. The van der Waals surface area contributed by atoms with Gasteiger partial charge in [-0.3, -0.25) is 9.48 Å². The average Bonchev–Trinajstić information content (AvgIpc) is 3.14. The van der Waals surface area contributed by atoms with Gasteiger partial charge in [-0.2, -0.15) is 10.2 Å². The van der Waals surface area contributed by atoms with Crippen molar-refractivity contribution in [2.24, 2.45) is 7.05 Å². The van der Waals surface area contributed by atoms with Gasteiger partial charge in [-0.15, -0.1) is 0 Å². The molecule has 0 radical (unpaired) electrons. The van der Waals surface area contributed by atoms with E-state index in [1.165, 1.54) is 17.9 Å². The largest absolute Gasteiger partial charge is 0.478 e. The molecule has 0 fully saturated rings. The van der Waals surface area contributed by atoms with Gasteiger partial charge in [0.25, 0.3) is 5.91 Å². The summed E-state index contributed by atoms with van der Waals surface area (Å²) in [5.41, 5.74) is 1.11. The number of amides is 1. The number of carbonyl (C=O) groups excluding carboxylic acids is 1. The maximum atomic E-state index is 12.3. The third kappa shape index (κ3) is 2.99. The van der Waals surface area contributed by atoms with Crippen LogP contribution >= 0.6 is 11.6 Å². The van der Waals surface area contributed by atoms with Crippen molar-refractivity contribution in [1.82, 2.24) is 19.6 Å². The second-order valence-corrected chi connectivity index (χ2v) is 5.38. The zero-order valence-electron chi connectivity index (χ0n) is 12.5. The Hall–Kier alpha value is -3.13. The molecule has 0 aliphatic carbocycles. The maximum Gasteiger partial charge on any atom is 0.339 e. The van der Waals surface area contributed by atoms with Crippen LogP contribution in [0.4, 0.5) is 5.69 Å². The van der Waals surface area contributed by atoms with Gasteiger partial charge in [0, 0.05) is 18.9 Å². The van der Waals surface area contributed by atoms with E-state index in [2.05, 4.69) is 15.5 Å². The highest BCUT2D eigenvalue weighted by Gasteiger charge is 2.21. The topological polar surface area (TPSA) is 102 Å². The van der Waals surface area contributed by atoms with Crippen molar-refractivity contribution in [3.63, 3.8) is 0 Å². The number of benzene rings is 1. The molecule has 1 amide bonds. The highest BCUT2D eigenvalue weighted by atomic mass is 35.5. The SMILES string of the molecule is Cn1ncc(C(=O)O)c1C(=O)Nc1ccc(-n2cc(Cl)cn2)cc1. The minimum Gasteiger partial charge on any atom is -0.478 e. The minimum absolute atomic E-state index is 0.0227. The fourth-order valence-corrected chi connectivity index (χ4v) is 2.33. The zero-order chi connectivity index (χ0) is 17.3. The normalized spacial score (nSPS) is 10.6. The molecule has 9 heteroatoms. The number of hydrogen-bond acceptors (Lipinski definition) is 4. The van der Waals surface area contributed by atoms with Gasteiger partial charge in [0.2, 0.25) is 0 Å². The molecule has 0 bridgehead atoms. The molecule has 0 spiro atoms. The summed E-state index contributed by atoms with van der Waals surface area (Å²) in [6.07, 6.45) is 4.32. The molecule has 2 N–H and O–H groups in total. The average molecular weight is 346 g/mol. The second kappa shape index (κ2) is 6.17. The molecule has 0 aliphatic rings. The summed E-state index contributed by atoms with van der Waals surface area (Å²) in [5, 5.41) is 20.2. The molecule has 24 heavy (non-hydrogen) atoms. The van der Waals surface area contributed by atoms with Gasteiger partial charge in [0.05, 0.1) is 23.1 Å². The summed E-state index contributed by atoms with van der Waals surface area (Å²) in [5.74, 6) is -1.76. The summed E-state index contributed by atoms with van der Waals surface area (Å²) < 4.78 is 2.82. The number of rotatable bonds is 4. The molecule has 8 nitrogen and oxygen atoms in total. The van der Waals surface area contributed by atoms with Crippen LogP contribution in [0.5, 0.6) is 0 Å². The fourth-order valence-electron chi connectivity index (χ4n) is 2.19. The molecule has 2 heterocycles. The Labute approximate surface area is 141 Å². The highest BCUT2D eigenvalue weighted by Crippen LogP contribution is 2.17. The molecule has 0 saturated carbocycles. The van der Waals surface area contributed by atoms with Gasteiger partial charge in [-0.25, -0.2) is 9.48 Å². The predicted molar refractivity (Wildman–Crippen MR) is 86.7 cm³/mol. The van der Waals surface area contributed by atoms with Crippen LogP contribution in [-0.2, 0) is 7.05 Å². The van der Waals surface area contributed by atoms with E-state index in [-0.39, 0.29) is 11.3 Å². The molecular formula is C15H12ClN5O3. The number of carboxylic acids is 1. The van der Waals surface area contributed by atoms with E-state index in [0.29, 0.717) is 10.7 Å². The maximum absolute atomic E-state index is 12.3. The lowest BCUT2D eigenvalue weighted by molar-refractivity contribution is 0.0692. The number of nitrogens with one attached hydrogen (secondary N) is 1. The molecule has 2 aromatic heterocycles. The Balaban J connectivity index is 1.80. The van der Waals surface area contributed by atoms with Gasteiger partial charge in [-0.05, 0) is 24.3 Å². The van der Waals surface area contributed by atoms with Crippen LogP contribution in [0, 0.1) is 0 Å². The van der Waals surface area contributed by atoms with E-state index in [9.17, 15) is 9.59 Å². The van der Waals surface area contributed by atoms with E-state index in [0.717, 1.165) is 11.9 Å². The molecule has 0 aliphatic heterocycles. The van der Waals surface area contributed by atoms with E-state index in [4.69, 9.17) is 16.7 Å². The number of aryl methyl sites for hydroxylation is 1. The summed E-state index contributed by atoms with van der Waals surface area (Å²) >= 11 is 5.83. The predicted octanol–water partition coefficient (Wildman–Crippen LogP) is 2.21. The first kappa shape index (κ1) is 15.8. The number of aromatic nitrogens is 4. The van der Waals surface area contributed by atoms with Crippen molar-refractivity contribution in [2.45, 2.75) is 0 Å². The van der Waals surface area contributed by atoms with Crippen LogP contribution in [0.25, 0.3) is 5.69 Å². The number of halogens is 1. The van der Waals surface area contributed by atoms with Gasteiger partial charge in [0.15, 0.2) is 0 Å². The summed E-state index contributed by atoms with van der Waals surface area (Å²) in [4.78, 5) is 23.5. The molecular weight excluding hydrogens is 334 g/mol. The number of aromatic carboxylic acids is 1. The van der Waals surface area contributed by atoms with Crippen molar-refractivity contribution in [2.75, 3.05) is 5.32 Å². The van der Waals surface area contributed by atoms with Gasteiger partial charge < -0.3 is 10.4 Å². The first-order valence-electron chi connectivity index (χ1n) is 6.83. The van der Waals surface area contributed by atoms with Gasteiger partial charge in [0.1, 0.15) is 11.3 Å². The van der Waals surface area contributed by atoms with Crippen LogP contribution < -0.4 is 5.32 Å². The van der Waals surface area contributed by atoms with E-state index in [1.807, 2.05) is 0 Å². The number of carboxylic acid groups (broad SMARTS) is 1. The standard InChI is InChI=1S/C15H12ClN5O3/c1-20-13(12(7-17-20)15(23)24)14(22)19-10-2-4-11(5-3-10)21-8-9(16)6-18-21/h2-8H,1H3,(H,19,22)(H,23,24). The fraction of sp³-hybridized carbons (Fsp3) is 0.0667. The van der Waals surface area contributed by atoms with Crippen LogP contribution in [0.2, 0.25) is 5.02 Å². The summed E-state index contributed by atoms with van der Waals surface area (Å²) in [7, 11) is 1.51. The van der Waals surface area contributed by atoms with E-state index in [1.54, 1.807) is 35.1 Å². The van der Waals surface area contributed by atoms with Crippen molar-refractivity contribution in [3.8, 4) is 5.69 Å². The Kier molecular flexibility index (Phi) is 4.05. The number of carbonyl (C=O) groups is 2. The Morgan fingerprint density at radius 2 is 1.88 bits per heavy atom. The minimum atomic E-state index is -1.21. The van der Waals surface area contributed by atoms with E-state index >= 15 is 0 Å². The van der Waals surface area contributed by atoms with Crippen molar-refractivity contribution >= 4 is 29.2 Å². The Morgan fingerprint density at radius 1 is 1.17 bits per heavy atom. The first-order chi connectivity index (χ1) is 11.5. The summed E-state index contributed by atoms with van der Waals surface area (Å²) in [6.45, 7) is 0. The Morgan fingerprint density at radius 3 is 2.46 bits per heavy atom. The molecule has 122 valence electrons. The molecule has 0 saturated heterocycles. The van der Waals surface area contributed by atoms with Crippen LogP contribution in [0.1, 0.15) is 20.8 Å². The van der Waals surface area contributed by atoms with Crippen molar-refractivity contribution in [3.05, 3.63) is 59.1 Å². The van der Waals surface area contributed by atoms with Crippen LogP contribution in [0.3, 0.4) is 0 Å². The molecule has 1 aromatic carbocycles. The molecule has 0 unspecified atom stereocenters. The van der Waals surface area contributed by atoms with Crippen molar-refractivity contribution in [1.29, 1.82) is 0 Å². The van der Waals surface area contributed by atoms with Crippen LogP contribution in [-0.4, -0.2) is 36.5 Å². The molecule has 0 atom stereocenters. The monoisotopic (exact) mass is 345 g/mol. The Bertz CT molecular complexity index is 914. The lowest BCUT2D eigenvalue weighted by Gasteiger charge is -2.08. The van der Waals surface area contributed by atoms with E-state index < -0.39 is 11.9 Å². The van der Waals surface area contributed by atoms with Crippen LogP contribution in [0.15, 0.2) is 42.9 Å². The highest BCUT2D eigenvalue weighted by molar-refractivity contribution is 6.30.